The van der Waals surface area contributed by atoms with Gasteiger partial charge in [-0.05, 0) is 99.8 Å². The normalized spacial score (nSPS) is 12.7. The summed E-state index contributed by atoms with van der Waals surface area (Å²) >= 11 is 0. The Bertz CT molecular complexity index is 1350. The quantitative estimate of drug-likeness (QED) is 0.124. The second-order valence-electron chi connectivity index (χ2n) is 11.3. The van der Waals surface area contributed by atoms with Gasteiger partial charge in [-0.25, -0.2) is 4.79 Å². The number of hydrogen-bond acceptors (Lipinski definition) is 8. The maximum Gasteiger partial charge on any atom is 0.337 e. The second kappa shape index (κ2) is 17.4. The van der Waals surface area contributed by atoms with Gasteiger partial charge in [0.2, 0.25) is 0 Å². The van der Waals surface area contributed by atoms with E-state index in [9.17, 15) is 14.7 Å². The molecular formula is C35H47N3O6. The zero-order valence-corrected chi connectivity index (χ0v) is 26.5. The van der Waals surface area contributed by atoms with Crippen LogP contribution in [0.2, 0.25) is 0 Å². The van der Waals surface area contributed by atoms with Crippen molar-refractivity contribution >= 4 is 11.9 Å². The maximum atomic E-state index is 13.4. The van der Waals surface area contributed by atoms with Gasteiger partial charge < -0.3 is 35.3 Å². The van der Waals surface area contributed by atoms with Gasteiger partial charge in [-0.15, -0.1) is 0 Å². The van der Waals surface area contributed by atoms with E-state index in [1.807, 2.05) is 62.4 Å². The summed E-state index contributed by atoms with van der Waals surface area (Å²) < 4.78 is 16.2. The Labute approximate surface area is 261 Å². The minimum absolute atomic E-state index is 0.207. The zero-order valence-electron chi connectivity index (χ0n) is 26.5. The molecule has 0 fully saturated rings. The molecule has 0 spiro atoms. The van der Waals surface area contributed by atoms with E-state index in [0.717, 1.165) is 48.6 Å². The fraction of sp³-hybridized carbons (Fsp3) is 0.429. The summed E-state index contributed by atoms with van der Waals surface area (Å²) in [7, 11) is 2.92. The van der Waals surface area contributed by atoms with Gasteiger partial charge in [-0.2, -0.15) is 0 Å². The highest BCUT2D eigenvalue weighted by atomic mass is 16.5. The second-order valence-corrected chi connectivity index (χ2v) is 11.3. The number of methoxy groups -OCH3 is 2. The molecule has 0 saturated carbocycles. The molecule has 3 aromatic rings. The molecule has 1 amide bonds. The van der Waals surface area contributed by atoms with E-state index in [1.54, 1.807) is 25.3 Å². The highest BCUT2D eigenvalue weighted by molar-refractivity contribution is 5.98. The number of nitrogens with one attached hydrogen (secondary N) is 3. The van der Waals surface area contributed by atoms with Crippen LogP contribution < -0.4 is 25.4 Å². The van der Waals surface area contributed by atoms with Crippen LogP contribution in [-0.2, 0) is 16.7 Å². The number of aliphatic hydroxyl groups excluding tert-OH is 1. The molecule has 0 aromatic heterocycles. The average molecular weight is 606 g/mol. The van der Waals surface area contributed by atoms with Crippen molar-refractivity contribution < 1.29 is 28.9 Å². The fourth-order valence-electron chi connectivity index (χ4n) is 4.76. The lowest BCUT2D eigenvalue weighted by molar-refractivity contribution is 0.0600. The molecule has 0 radical (unpaired) electrons. The molecule has 0 unspecified atom stereocenters. The molecule has 0 aliphatic rings. The summed E-state index contributed by atoms with van der Waals surface area (Å²) in [5.74, 6) is 0.550. The Kier molecular flexibility index (Phi) is 13.7. The summed E-state index contributed by atoms with van der Waals surface area (Å²) in [5.41, 5.74) is 1.99. The number of hydrogen-bond donors (Lipinski definition) is 4. The predicted octanol–water partition coefficient (Wildman–Crippen LogP) is 4.48. The number of benzene rings is 3. The van der Waals surface area contributed by atoms with E-state index in [-0.39, 0.29) is 12.1 Å². The van der Waals surface area contributed by atoms with E-state index in [4.69, 9.17) is 14.2 Å². The van der Waals surface area contributed by atoms with Gasteiger partial charge in [0.15, 0.2) is 0 Å². The highest BCUT2D eigenvalue weighted by Gasteiger charge is 2.27. The third kappa shape index (κ3) is 10.7. The molecule has 3 aromatic carbocycles. The molecule has 44 heavy (non-hydrogen) atoms. The molecule has 0 heterocycles. The van der Waals surface area contributed by atoms with Crippen molar-refractivity contribution in [2.24, 2.45) is 0 Å². The number of esters is 1. The van der Waals surface area contributed by atoms with Crippen LogP contribution in [0.15, 0.2) is 72.8 Å². The summed E-state index contributed by atoms with van der Waals surface area (Å²) in [6.07, 6.45) is 1.40. The van der Waals surface area contributed by atoms with Crippen LogP contribution in [0.5, 0.6) is 11.5 Å². The Balaban J connectivity index is 1.76. The molecular weight excluding hydrogens is 558 g/mol. The number of aliphatic hydroxyl groups is 1. The van der Waals surface area contributed by atoms with E-state index < -0.39 is 29.6 Å². The third-order valence-electron chi connectivity index (χ3n) is 7.42. The van der Waals surface area contributed by atoms with Crippen LogP contribution in [0.4, 0.5) is 0 Å². The van der Waals surface area contributed by atoms with Gasteiger partial charge in [0.05, 0.1) is 38.5 Å². The SMILES string of the molecule is CCCNCCCOc1cccc(C[C@H](NC(=O)c2cccc(C(=O)OC)c2)[C@H](O)CNC(C)(C)c2cccc(OC)c2)c1. The molecule has 238 valence electrons. The lowest BCUT2D eigenvalue weighted by Gasteiger charge is -2.31. The standard InChI is InChI=1S/C35H47N3O6/c1-6-17-36-18-10-19-44-30-16-7-11-25(20-30)21-31(38-33(40)26-12-8-13-27(22-26)34(41)43-5)32(39)24-37-35(2,3)28-14-9-15-29(23-28)42-4/h7-9,11-16,20,22-23,31-32,36-37,39H,6,10,17-19,21,24H2,1-5H3,(H,38,40)/t31-,32+/m0/s1. The van der Waals surface area contributed by atoms with E-state index in [2.05, 4.69) is 22.9 Å². The monoisotopic (exact) mass is 605 g/mol. The number of amides is 1. The van der Waals surface area contributed by atoms with Gasteiger partial charge in [-0.3, -0.25) is 4.79 Å². The Morgan fingerprint density at radius 3 is 2.39 bits per heavy atom. The van der Waals surface area contributed by atoms with Crippen molar-refractivity contribution in [1.29, 1.82) is 0 Å². The number of ether oxygens (including phenoxy) is 3. The largest absolute Gasteiger partial charge is 0.497 e. The molecule has 9 nitrogen and oxygen atoms in total. The average Bonchev–Trinajstić information content (AvgIpc) is 3.04. The van der Waals surface area contributed by atoms with Gasteiger partial charge in [0.1, 0.15) is 11.5 Å². The van der Waals surface area contributed by atoms with Gasteiger partial charge in [0.25, 0.3) is 5.91 Å². The summed E-state index contributed by atoms with van der Waals surface area (Å²) in [6.45, 7) is 8.87. The lowest BCUT2D eigenvalue weighted by Crippen LogP contribution is -2.51. The van der Waals surface area contributed by atoms with Gasteiger partial charge >= 0.3 is 5.97 Å². The summed E-state index contributed by atoms with van der Waals surface area (Å²) in [6, 6.07) is 21.2. The summed E-state index contributed by atoms with van der Waals surface area (Å²) in [4.78, 5) is 25.4. The first-order valence-electron chi connectivity index (χ1n) is 15.2. The van der Waals surface area contributed by atoms with Crippen molar-refractivity contribution in [2.45, 2.75) is 57.7 Å². The molecule has 4 N–H and O–H groups in total. The molecule has 2 atom stereocenters. The first kappa shape index (κ1) is 34.6. The van der Waals surface area contributed by atoms with Crippen LogP contribution in [-0.4, -0.2) is 69.6 Å². The lowest BCUT2D eigenvalue weighted by atomic mass is 9.93. The van der Waals surface area contributed by atoms with Crippen molar-refractivity contribution in [2.75, 3.05) is 40.5 Å². The van der Waals surface area contributed by atoms with Crippen molar-refractivity contribution in [3.05, 3.63) is 95.1 Å². The Morgan fingerprint density at radius 1 is 0.909 bits per heavy atom. The van der Waals surface area contributed by atoms with Crippen LogP contribution in [0.1, 0.15) is 65.5 Å². The topological polar surface area (TPSA) is 118 Å². The van der Waals surface area contributed by atoms with Gasteiger partial charge in [0, 0.05) is 17.6 Å². The fourth-order valence-corrected chi connectivity index (χ4v) is 4.76. The minimum Gasteiger partial charge on any atom is -0.497 e. The molecule has 0 aliphatic heterocycles. The maximum absolute atomic E-state index is 13.4. The Morgan fingerprint density at radius 2 is 1.64 bits per heavy atom. The van der Waals surface area contributed by atoms with E-state index >= 15 is 0 Å². The highest BCUT2D eigenvalue weighted by Crippen LogP contribution is 2.24. The molecule has 0 bridgehead atoms. The van der Waals surface area contributed by atoms with E-state index in [0.29, 0.717) is 18.6 Å². The summed E-state index contributed by atoms with van der Waals surface area (Å²) in [5, 5.41) is 21.3. The predicted molar refractivity (Wildman–Crippen MR) is 172 cm³/mol. The van der Waals surface area contributed by atoms with E-state index in [1.165, 1.54) is 13.2 Å². The van der Waals surface area contributed by atoms with Crippen LogP contribution in [0.25, 0.3) is 0 Å². The van der Waals surface area contributed by atoms with Crippen molar-refractivity contribution in [1.82, 2.24) is 16.0 Å². The minimum atomic E-state index is -0.943. The molecule has 0 saturated heterocycles. The first-order chi connectivity index (χ1) is 21.2. The van der Waals surface area contributed by atoms with Gasteiger partial charge in [-0.1, -0.05) is 37.3 Å². The molecule has 9 heteroatoms. The van der Waals surface area contributed by atoms with Crippen LogP contribution in [0, 0.1) is 0 Å². The number of carbonyl (C=O) groups is 2. The van der Waals surface area contributed by atoms with Crippen molar-refractivity contribution in [3.8, 4) is 11.5 Å². The number of carbonyl (C=O) groups excluding carboxylic acids is 2. The van der Waals surface area contributed by atoms with Crippen LogP contribution >= 0.6 is 0 Å². The third-order valence-corrected chi connectivity index (χ3v) is 7.42. The first-order valence-corrected chi connectivity index (χ1v) is 15.2. The zero-order chi connectivity index (χ0) is 32.0. The van der Waals surface area contributed by atoms with Crippen LogP contribution in [0.3, 0.4) is 0 Å². The van der Waals surface area contributed by atoms with Crippen molar-refractivity contribution in [3.63, 3.8) is 0 Å². The smallest absolute Gasteiger partial charge is 0.337 e. The molecule has 3 rings (SSSR count). The number of rotatable bonds is 18. The molecule has 0 aliphatic carbocycles. The Hall–Kier alpha value is -3.92.